The summed E-state index contributed by atoms with van der Waals surface area (Å²) in [5, 5.41) is 18.4. The molecule has 9 heteroatoms. The molecule has 0 radical (unpaired) electrons. The van der Waals surface area contributed by atoms with Crippen LogP contribution in [0.2, 0.25) is 0 Å². The summed E-state index contributed by atoms with van der Waals surface area (Å²) in [6.45, 7) is 0.163. The Labute approximate surface area is 171 Å². The van der Waals surface area contributed by atoms with E-state index in [4.69, 9.17) is 18.6 Å². The molecule has 3 aromatic rings. The molecule has 0 aliphatic carbocycles. The Morgan fingerprint density at radius 1 is 1.10 bits per heavy atom. The smallest absolute Gasteiger partial charge is 0.276 e. The van der Waals surface area contributed by atoms with E-state index in [2.05, 4.69) is 10.2 Å². The third kappa shape index (κ3) is 5.69. The van der Waals surface area contributed by atoms with E-state index in [0.717, 1.165) is 0 Å². The van der Waals surface area contributed by atoms with Gasteiger partial charge >= 0.3 is 0 Å². The summed E-state index contributed by atoms with van der Waals surface area (Å²) in [5.74, 6) is 1.46. The zero-order valence-corrected chi connectivity index (χ0v) is 16.8. The monoisotopic (exact) mass is 420 g/mol. The van der Waals surface area contributed by atoms with E-state index in [9.17, 15) is 9.50 Å². The minimum atomic E-state index is -0.761. The molecule has 0 bridgehead atoms. The molecule has 29 heavy (non-hydrogen) atoms. The van der Waals surface area contributed by atoms with Crippen molar-refractivity contribution >= 4 is 11.8 Å². The van der Waals surface area contributed by atoms with Gasteiger partial charge in [-0.25, -0.2) is 4.39 Å². The summed E-state index contributed by atoms with van der Waals surface area (Å²) in [6.07, 6.45) is -0.761. The Balaban J connectivity index is 1.49. The molecule has 3 rings (SSSR count). The van der Waals surface area contributed by atoms with Crippen molar-refractivity contribution in [2.24, 2.45) is 0 Å². The van der Waals surface area contributed by atoms with Crippen molar-refractivity contribution in [1.82, 2.24) is 10.2 Å². The second-order valence-electron chi connectivity index (χ2n) is 6.01. The van der Waals surface area contributed by atoms with E-state index < -0.39 is 6.10 Å². The number of halogens is 1. The number of aliphatic hydroxyl groups excluding tert-OH is 1. The average Bonchev–Trinajstić information content (AvgIpc) is 3.22. The number of benzene rings is 2. The highest BCUT2D eigenvalue weighted by Gasteiger charge is 2.14. The molecule has 154 valence electrons. The van der Waals surface area contributed by atoms with E-state index in [0.29, 0.717) is 39.5 Å². The predicted octanol–water partition coefficient (Wildman–Crippen LogP) is 3.56. The standard InChI is InChI=1S/C20H21FN2O5S/c1-25-17-8-7-13(9-18(17)26-2)19-22-23-20(28-19)29-12-15(24)11-27-10-14-5-3-4-6-16(14)21/h3-9,15,24H,10-12H2,1-2H3/t15-/m0/s1. The molecule has 7 nitrogen and oxygen atoms in total. The first kappa shape index (κ1) is 21.1. The van der Waals surface area contributed by atoms with Crippen LogP contribution in [-0.4, -0.2) is 48.0 Å². The number of thioether (sulfide) groups is 1. The number of methoxy groups -OCH3 is 2. The van der Waals surface area contributed by atoms with Gasteiger partial charge in [0.25, 0.3) is 5.22 Å². The quantitative estimate of drug-likeness (QED) is 0.498. The summed E-state index contributed by atoms with van der Waals surface area (Å²) >= 11 is 1.21. The summed E-state index contributed by atoms with van der Waals surface area (Å²) in [6, 6.07) is 11.6. The van der Waals surface area contributed by atoms with Gasteiger partial charge in [0.15, 0.2) is 11.5 Å². The zero-order chi connectivity index (χ0) is 20.6. The van der Waals surface area contributed by atoms with Gasteiger partial charge in [-0.2, -0.15) is 0 Å². The minimum absolute atomic E-state index is 0.0675. The average molecular weight is 420 g/mol. The lowest BCUT2D eigenvalue weighted by Gasteiger charge is -2.10. The van der Waals surface area contributed by atoms with Gasteiger partial charge in [0.1, 0.15) is 5.82 Å². The SMILES string of the molecule is COc1ccc(-c2nnc(SC[C@@H](O)COCc3ccccc3F)o2)cc1OC. The van der Waals surface area contributed by atoms with Crippen LogP contribution in [0.4, 0.5) is 4.39 Å². The highest BCUT2D eigenvalue weighted by Crippen LogP contribution is 2.32. The summed E-state index contributed by atoms with van der Waals surface area (Å²) in [7, 11) is 3.11. The fourth-order valence-corrected chi connectivity index (χ4v) is 3.16. The number of hydrogen-bond acceptors (Lipinski definition) is 8. The van der Waals surface area contributed by atoms with E-state index in [1.54, 1.807) is 50.6 Å². The normalized spacial score (nSPS) is 12.0. The van der Waals surface area contributed by atoms with Gasteiger partial charge in [0.2, 0.25) is 5.89 Å². The second kappa shape index (κ2) is 10.2. The van der Waals surface area contributed by atoms with Crippen LogP contribution < -0.4 is 9.47 Å². The molecule has 0 aliphatic rings. The summed E-state index contributed by atoms with van der Waals surface area (Å²) in [4.78, 5) is 0. The first-order valence-electron chi connectivity index (χ1n) is 8.78. The number of aliphatic hydroxyl groups is 1. The van der Waals surface area contributed by atoms with Crippen LogP contribution in [0.15, 0.2) is 52.1 Å². The lowest BCUT2D eigenvalue weighted by atomic mass is 10.2. The van der Waals surface area contributed by atoms with E-state index in [1.165, 1.54) is 17.8 Å². The Morgan fingerprint density at radius 3 is 2.66 bits per heavy atom. The minimum Gasteiger partial charge on any atom is -0.493 e. The maximum atomic E-state index is 13.5. The van der Waals surface area contributed by atoms with Gasteiger partial charge in [-0.05, 0) is 24.3 Å². The topological polar surface area (TPSA) is 86.8 Å². The highest BCUT2D eigenvalue weighted by atomic mass is 32.2. The van der Waals surface area contributed by atoms with Gasteiger partial charge in [0, 0.05) is 16.9 Å². The van der Waals surface area contributed by atoms with Crippen LogP contribution in [-0.2, 0) is 11.3 Å². The van der Waals surface area contributed by atoms with Crippen LogP contribution in [0.3, 0.4) is 0 Å². The molecule has 0 saturated heterocycles. The lowest BCUT2D eigenvalue weighted by Crippen LogP contribution is -2.18. The van der Waals surface area contributed by atoms with E-state index >= 15 is 0 Å². The first-order valence-corrected chi connectivity index (χ1v) is 9.77. The highest BCUT2D eigenvalue weighted by molar-refractivity contribution is 7.99. The molecular formula is C20H21FN2O5S. The van der Waals surface area contributed by atoms with Crippen LogP contribution in [0.25, 0.3) is 11.5 Å². The van der Waals surface area contributed by atoms with Gasteiger partial charge in [-0.1, -0.05) is 30.0 Å². The van der Waals surface area contributed by atoms with E-state index in [-0.39, 0.29) is 19.0 Å². The molecule has 0 unspecified atom stereocenters. The molecule has 0 spiro atoms. The molecular weight excluding hydrogens is 399 g/mol. The van der Waals surface area contributed by atoms with Crippen LogP contribution in [0, 0.1) is 5.82 Å². The fraction of sp³-hybridized carbons (Fsp3) is 0.300. The molecule has 1 heterocycles. The van der Waals surface area contributed by atoms with Crippen molar-refractivity contribution in [2.75, 3.05) is 26.6 Å². The van der Waals surface area contributed by atoms with Gasteiger partial charge in [-0.15, -0.1) is 10.2 Å². The maximum Gasteiger partial charge on any atom is 0.276 e. The van der Waals surface area contributed by atoms with Crippen LogP contribution in [0.1, 0.15) is 5.56 Å². The van der Waals surface area contributed by atoms with Gasteiger partial charge in [-0.3, -0.25) is 0 Å². The Hall–Kier alpha value is -2.62. The Bertz CT molecular complexity index is 937. The third-order valence-electron chi connectivity index (χ3n) is 3.96. The molecule has 0 fully saturated rings. The Kier molecular flexibility index (Phi) is 7.45. The maximum absolute atomic E-state index is 13.5. The van der Waals surface area contributed by atoms with Crippen LogP contribution >= 0.6 is 11.8 Å². The first-order chi connectivity index (χ1) is 14.1. The predicted molar refractivity (Wildman–Crippen MR) is 106 cm³/mol. The van der Waals surface area contributed by atoms with Gasteiger partial charge < -0.3 is 23.7 Å². The summed E-state index contributed by atoms with van der Waals surface area (Å²) < 4.78 is 35.0. The number of nitrogens with zero attached hydrogens (tertiary/aromatic N) is 2. The number of ether oxygens (including phenoxy) is 3. The van der Waals surface area contributed by atoms with Gasteiger partial charge in [0.05, 0.1) is 33.5 Å². The van der Waals surface area contributed by atoms with Crippen molar-refractivity contribution in [3.05, 3.63) is 53.8 Å². The van der Waals surface area contributed by atoms with Crippen molar-refractivity contribution in [2.45, 2.75) is 17.9 Å². The molecule has 1 atom stereocenters. The molecule has 1 aromatic heterocycles. The zero-order valence-electron chi connectivity index (χ0n) is 16.0. The number of rotatable bonds is 10. The summed E-state index contributed by atoms with van der Waals surface area (Å²) in [5.41, 5.74) is 1.14. The number of hydrogen-bond donors (Lipinski definition) is 1. The van der Waals surface area contributed by atoms with Crippen molar-refractivity contribution in [3.63, 3.8) is 0 Å². The molecule has 0 aliphatic heterocycles. The van der Waals surface area contributed by atoms with Crippen molar-refractivity contribution < 1.29 is 28.1 Å². The molecule has 0 saturated carbocycles. The Morgan fingerprint density at radius 2 is 1.90 bits per heavy atom. The lowest BCUT2D eigenvalue weighted by molar-refractivity contribution is 0.0386. The number of aromatic nitrogens is 2. The van der Waals surface area contributed by atoms with Crippen LogP contribution in [0.5, 0.6) is 11.5 Å². The third-order valence-corrected chi connectivity index (χ3v) is 4.93. The second-order valence-corrected chi connectivity index (χ2v) is 6.99. The largest absolute Gasteiger partial charge is 0.493 e. The molecule has 2 aromatic carbocycles. The fourth-order valence-electron chi connectivity index (χ4n) is 2.49. The molecule has 1 N–H and O–H groups in total. The molecule has 0 amide bonds. The van der Waals surface area contributed by atoms with Crippen molar-refractivity contribution in [1.29, 1.82) is 0 Å². The van der Waals surface area contributed by atoms with E-state index in [1.807, 2.05) is 0 Å². The van der Waals surface area contributed by atoms with Crippen molar-refractivity contribution in [3.8, 4) is 23.0 Å².